The number of nitrogens with one attached hydrogen (secondary N) is 2. The average molecular weight is 569 g/mol. The van der Waals surface area contributed by atoms with E-state index in [4.69, 9.17) is 0 Å². The van der Waals surface area contributed by atoms with Crippen LogP contribution in [-0.2, 0) is 11.3 Å². The Balaban J connectivity index is 1.33. The standard InChI is InChI=1S/C23H21BrF4N6O2/c24-20-15(25)3-4-16-19(20)21(32-34(16)10-18(35)30-11-23(26,27)28)13-8-33(9-13)22(36)12-5-6-29-17(7-12)31-14-1-2-14/h3-7,13-14H,1-2,8-11H2,(H,29,31)(H,30,35). The Morgan fingerprint density at radius 3 is 2.61 bits per heavy atom. The van der Waals surface area contributed by atoms with Crippen molar-refractivity contribution < 1.29 is 27.2 Å². The number of halogens is 5. The summed E-state index contributed by atoms with van der Waals surface area (Å²) in [5, 5.41) is 9.94. The number of hydrogen-bond acceptors (Lipinski definition) is 5. The predicted octanol–water partition coefficient (Wildman–Crippen LogP) is 3.83. The fourth-order valence-electron chi connectivity index (χ4n) is 4.11. The minimum absolute atomic E-state index is 0.145. The van der Waals surface area contributed by atoms with Crippen LogP contribution in [0, 0.1) is 5.82 Å². The van der Waals surface area contributed by atoms with E-state index < -0.39 is 31.0 Å². The van der Waals surface area contributed by atoms with Crippen molar-refractivity contribution in [1.29, 1.82) is 0 Å². The molecule has 0 radical (unpaired) electrons. The molecule has 2 fully saturated rings. The Bertz CT molecular complexity index is 1330. The number of carbonyl (C=O) groups excluding carboxylic acids is 2. The quantitative estimate of drug-likeness (QED) is 0.423. The van der Waals surface area contributed by atoms with Gasteiger partial charge in [-0.3, -0.25) is 14.3 Å². The lowest BCUT2D eigenvalue weighted by Gasteiger charge is -2.38. The van der Waals surface area contributed by atoms with Gasteiger partial charge in [-0.2, -0.15) is 18.3 Å². The van der Waals surface area contributed by atoms with Crippen LogP contribution in [0.15, 0.2) is 34.9 Å². The van der Waals surface area contributed by atoms with Crippen molar-refractivity contribution in [2.75, 3.05) is 25.0 Å². The molecular formula is C23H21BrF4N6O2. The van der Waals surface area contributed by atoms with Crippen LogP contribution in [0.2, 0.25) is 0 Å². The van der Waals surface area contributed by atoms with Crippen LogP contribution in [0.5, 0.6) is 0 Å². The number of benzene rings is 1. The van der Waals surface area contributed by atoms with Crippen molar-refractivity contribution in [3.05, 3.63) is 52.0 Å². The van der Waals surface area contributed by atoms with Gasteiger partial charge in [0.25, 0.3) is 5.91 Å². The molecule has 1 aromatic carbocycles. The number of likely N-dealkylation sites (tertiary alicyclic amines) is 1. The molecule has 5 rings (SSSR count). The van der Waals surface area contributed by atoms with Crippen molar-refractivity contribution in [2.24, 2.45) is 0 Å². The van der Waals surface area contributed by atoms with Crippen molar-refractivity contribution in [2.45, 2.75) is 37.5 Å². The third-order valence-electron chi connectivity index (χ3n) is 6.11. The fourth-order valence-corrected chi connectivity index (χ4v) is 4.65. The van der Waals surface area contributed by atoms with Gasteiger partial charge in [-0.1, -0.05) is 0 Å². The molecule has 1 saturated heterocycles. The Labute approximate surface area is 211 Å². The zero-order chi connectivity index (χ0) is 25.6. The van der Waals surface area contributed by atoms with E-state index in [1.54, 1.807) is 23.2 Å². The van der Waals surface area contributed by atoms with E-state index in [1.807, 2.05) is 5.32 Å². The normalized spacial score (nSPS) is 16.2. The molecule has 1 aliphatic carbocycles. The largest absolute Gasteiger partial charge is 0.405 e. The van der Waals surface area contributed by atoms with Gasteiger partial charge in [-0.15, -0.1) is 0 Å². The number of nitrogens with zero attached hydrogens (tertiary/aromatic N) is 4. The number of hydrogen-bond donors (Lipinski definition) is 2. The molecule has 36 heavy (non-hydrogen) atoms. The molecule has 3 aromatic rings. The first-order valence-corrected chi connectivity index (χ1v) is 12.1. The average Bonchev–Trinajstić information content (AvgIpc) is 3.54. The molecule has 190 valence electrons. The van der Waals surface area contributed by atoms with Crippen molar-refractivity contribution >= 4 is 44.5 Å². The highest BCUT2D eigenvalue weighted by atomic mass is 79.9. The summed E-state index contributed by atoms with van der Waals surface area (Å²) >= 11 is 3.23. The molecular weight excluding hydrogens is 548 g/mol. The molecule has 2 aliphatic rings. The van der Waals surface area contributed by atoms with Gasteiger partial charge < -0.3 is 15.5 Å². The number of amides is 2. The first-order chi connectivity index (χ1) is 17.1. The maximum Gasteiger partial charge on any atom is 0.405 e. The van der Waals surface area contributed by atoms with Crippen LogP contribution in [-0.4, -0.2) is 63.3 Å². The van der Waals surface area contributed by atoms with Crippen molar-refractivity contribution in [1.82, 2.24) is 25.0 Å². The summed E-state index contributed by atoms with van der Waals surface area (Å²) < 4.78 is 53.1. The maximum atomic E-state index is 14.3. The maximum absolute atomic E-state index is 14.3. The van der Waals surface area contributed by atoms with E-state index in [2.05, 4.69) is 31.3 Å². The monoisotopic (exact) mass is 568 g/mol. The molecule has 1 saturated carbocycles. The van der Waals surface area contributed by atoms with Gasteiger partial charge in [-0.05, 0) is 53.0 Å². The first-order valence-electron chi connectivity index (χ1n) is 11.3. The molecule has 0 bridgehead atoms. The Morgan fingerprint density at radius 2 is 1.92 bits per heavy atom. The molecule has 0 atom stereocenters. The number of pyridine rings is 1. The third-order valence-corrected chi connectivity index (χ3v) is 6.88. The van der Waals surface area contributed by atoms with Crippen LogP contribution in [0.25, 0.3) is 10.9 Å². The molecule has 8 nitrogen and oxygen atoms in total. The summed E-state index contributed by atoms with van der Waals surface area (Å²) in [6.45, 7) is -1.28. The summed E-state index contributed by atoms with van der Waals surface area (Å²) in [6, 6.07) is 6.37. The van der Waals surface area contributed by atoms with E-state index in [-0.39, 0.29) is 16.3 Å². The number of carbonyl (C=O) groups is 2. The molecule has 3 heterocycles. The summed E-state index contributed by atoms with van der Waals surface area (Å²) in [6.07, 6.45) is -0.804. The van der Waals surface area contributed by atoms with Crippen LogP contribution in [0.1, 0.15) is 34.8 Å². The molecule has 2 N–H and O–H groups in total. The molecule has 0 unspecified atom stereocenters. The SMILES string of the molecule is O=C(Cn1nc(C2CN(C(=O)c3ccnc(NC4CC4)c3)C2)c2c(Br)c(F)ccc21)NCC(F)(F)F. The molecule has 2 amide bonds. The van der Waals surface area contributed by atoms with Gasteiger partial charge >= 0.3 is 6.18 Å². The van der Waals surface area contributed by atoms with Gasteiger partial charge in [0.15, 0.2) is 0 Å². The predicted molar refractivity (Wildman–Crippen MR) is 126 cm³/mol. The summed E-state index contributed by atoms with van der Waals surface area (Å²) in [7, 11) is 0. The van der Waals surface area contributed by atoms with Gasteiger partial charge in [0.1, 0.15) is 24.7 Å². The van der Waals surface area contributed by atoms with Gasteiger partial charge in [0, 0.05) is 42.2 Å². The van der Waals surface area contributed by atoms with E-state index in [0.29, 0.717) is 47.1 Å². The van der Waals surface area contributed by atoms with E-state index in [1.165, 1.54) is 16.8 Å². The van der Waals surface area contributed by atoms with Crippen molar-refractivity contribution in [3.63, 3.8) is 0 Å². The first kappa shape index (κ1) is 24.5. The summed E-state index contributed by atoms with van der Waals surface area (Å²) in [4.78, 5) is 30.9. The van der Waals surface area contributed by atoms with Crippen LogP contribution >= 0.6 is 15.9 Å². The number of aromatic nitrogens is 3. The van der Waals surface area contributed by atoms with Crippen LogP contribution < -0.4 is 10.6 Å². The topological polar surface area (TPSA) is 92.2 Å². The van der Waals surface area contributed by atoms with Gasteiger partial charge in [0.05, 0.1) is 15.7 Å². The minimum Gasteiger partial charge on any atom is -0.367 e. The number of alkyl halides is 3. The van der Waals surface area contributed by atoms with E-state index >= 15 is 0 Å². The molecule has 0 spiro atoms. The fraction of sp³-hybridized carbons (Fsp3) is 0.391. The Kier molecular flexibility index (Phi) is 6.35. The van der Waals surface area contributed by atoms with Crippen molar-refractivity contribution in [3.8, 4) is 0 Å². The Morgan fingerprint density at radius 1 is 1.17 bits per heavy atom. The van der Waals surface area contributed by atoms with E-state index in [9.17, 15) is 27.2 Å². The highest BCUT2D eigenvalue weighted by molar-refractivity contribution is 9.10. The molecule has 1 aliphatic heterocycles. The van der Waals surface area contributed by atoms with E-state index in [0.717, 1.165) is 12.8 Å². The Hall–Kier alpha value is -3.22. The lowest BCUT2D eigenvalue weighted by Crippen LogP contribution is -2.48. The number of rotatable bonds is 7. The highest BCUT2D eigenvalue weighted by Gasteiger charge is 2.36. The van der Waals surface area contributed by atoms with Crippen LogP contribution in [0.3, 0.4) is 0 Å². The lowest BCUT2D eigenvalue weighted by molar-refractivity contribution is -0.138. The smallest absolute Gasteiger partial charge is 0.367 e. The molecule has 2 aromatic heterocycles. The zero-order valence-electron chi connectivity index (χ0n) is 18.8. The summed E-state index contributed by atoms with van der Waals surface area (Å²) in [5.41, 5.74) is 1.36. The van der Waals surface area contributed by atoms with Gasteiger partial charge in [0.2, 0.25) is 5.91 Å². The van der Waals surface area contributed by atoms with Gasteiger partial charge in [-0.25, -0.2) is 9.37 Å². The molecule has 13 heteroatoms. The number of fused-ring (bicyclic) bond motifs is 1. The lowest BCUT2D eigenvalue weighted by atomic mass is 9.93. The van der Waals surface area contributed by atoms with Crippen LogP contribution in [0.4, 0.5) is 23.4 Å². The third kappa shape index (κ3) is 5.15. The summed E-state index contributed by atoms with van der Waals surface area (Å²) in [5.74, 6) is -1.17. The second-order valence-corrected chi connectivity index (χ2v) is 9.74. The zero-order valence-corrected chi connectivity index (χ0v) is 20.4. The second kappa shape index (κ2) is 9.34. The second-order valence-electron chi connectivity index (χ2n) is 8.95. The number of anilines is 1. The minimum atomic E-state index is -4.54. The highest BCUT2D eigenvalue weighted by Crippen LogP contribution is 2.37.